The Morgan fingerprint density at radius 3 is 1.86 bits per heavy atom. The highest BCUT2D eigenvalue weighted by atomic mass is 19.2. The van der Waals surface area contributed by atoms with Crippen molar-refractivity contribution in [3.8, 4) is 0 Å². The van der Waals surface area contributed by atoms with Crippen molar-refractivity contribution in [1.82, 2.24) is 0 Å². The topological polar surface area (TPSA) is 0 Å². The zero-order valence-electron chi connectivity index (χ0n) is 4.00. The minimum Gasteiger partial charge on any atom is -0.248 e. The Balaban J connectivity index is 3.14. The first-order chi connectivity index (χ1) is 3.18. The van der Waals surface area contributed by atoms with Gasteiger partial charge in [-0.25, -0.2) is 13.2 Å². The Morgan fingerprint density at radius 2 is 1.86 bits per heavy atom. The molecule has 2 atom stereocenters. The standard InChI is InChI=1S/C4H7F3/c1-3(6)4(7)2-5/h3-4H,2H2,1H3/t3?,4-/m0/s1. The summed E-state index contributed by atoms with van der Waals surface area (Å²) in [5, 5.41) is 0. The van der Waals surface area contributed by atoms with E-state index in [1.54, 1.807) is 0 Å². The molecule has 0 heterocycles. The Labute approximate surface area is 40.3 Å². The van der Waals surface area contributed by atoms with Crippen molar-refractivity contribution in [3.05, 3.63) is 0 Å². The molecule has 0 N–H and O–H groups in total. The molecule has 0 bridgehead atoms. The maximum Gasteiger partial charge on any atom is 0.159 e. The van der Waals surface area contributed by atoms with Crippen LogP contribution in [0, 0.1) is 0 Å². The third-order valence-electron chi connectivity index (χ3n) is 0.646. The second-order valence-electron chi connectivity index (χ2n) is 1.35. The monoisotopic (exact) mass is 112 g/mol. The molecule has 0 aliphatic carbocycles. The maximum absolute atomic E-state index is 11.5. The molecule has 44 valence electrons. The first-order valence-corrected chi connectivity index (χ1v) is 2.02. The lowest BCUT2D eigenvalue weighted by Gasteiger charge is -2.00. The van der Waals surface area contributed by atoms with Gasteiger partial charge in [-0.05, 0) is 6.92 Å². The Morgan fingerprint density at radius 1 is 1.43 bits per heavy atom. The Kier molecular flexibility index (Phi) is 2.79. The van der Waals surface area contributed by atoms with Crippen LogP contribution in [0.1, 0.15) is 6.92 Å². The van der Waals surface area contributed by atoms with Gasteiger partial charge >= 0.3 is 0 Å². The fraction of sp³-hybridized carbons (Fsp3) is 1.00. The van der Waals surface area contributed by atoms with Crippen molar-refractivity contribution in [3.63, 3.8) is 0 Å². The lowest BCUT2D eigenvalue weighted by molar-refractivity contribution is 0.150. The summed E-state index contributed by atoms with van der Waals surface area (Å²) in [5.41, 5.74) is 0. The summed E-state index contributed by atoms with van der Waals surface area (Å²) in [6.45, 7) is -0.234. The largest absolute Gasteiger partial charge is 0.248 e. The van der Waals surface area contributed by atoms with E-state index in [0.29, 0.717) is 0 Å². The van der Waals surface area contributed by atoms with Gasteiger partial charge in [0.05, 0.1) is 0 Å². The molecule has 0 rings (SSSR count). The third-order valence-corrected chi connectivity index (χ3v) is 0.646. The van der Waals surface area contributed by atoms with E-state index < -0.39 is 19.0 Å². The Bertz CT molecular complexity index is 44.2. The Hall–Kier alpha value is -0.210. The van der Waals surface area contributed by atoms with Gasteiger partial charge in [0.1, 0.15) is 12.8 Å². The van der Waals surface area contributed by atoms with E-state index in [9.17, 15) is 13.2 Å². The van der Waals surface area contributed by atoms with Crippen molar-refractivity contribution < 1.29 is 13.2 Å². The molecule has 0 fully saturated rings. The molecule has 0 aromatic rings. The molecule has 0 saturated heterocycles. The predicted octanol–water partition coefficient (Wildman–Crippen LogP) is 1.65. The normalized spacial score (nSPS) is 18.9. The molecule has 0 saturated carbocycles. The highest BCUT2D eigenvalue weighted by Crippen LogP contribution is 2.01. The summed E-state index contributed by atoms with van der Waals surface area (Å²) in [6.07, 6.45) is -3.61. The number of hydrogen-bond donors (Lipinski definition) is 0. The van der Waals surface area contributed by atoms with Crippen LogP contribution in [-0.2, 0) is 0 Å². The van der Waals surface area contributed by atoms with Crippen molar-refractivity contribution in [2.75, 3.05) is 6.67 Å². The minimum absolute atomic E-state index is 0.990. The maximum atomic E-state index is 11.5. The summed E-state index contributed by atoms with van der Waals surface area (Å²) < 4.78 is 34.0. The van der Waals surface area contributed by atoms with Crippen LogP contribution in [0.15, 0.2) is 0 Å². The lowest BCUT2D eigenvalue weighted by Crippen LogP contribution is -2.14. The van der Waals surface area contributed by atoms with E-state index in [1.165, 1.54) is 0 Å². The number of rotatable bonds is 2. The van der Waals surface area contributed by atoms with Gasteiger partial charge in [-0.15, -0.1) is 0 Å². The summed E-state index contributed by atoms with van der Waals surface area (Å²) in [5.74, 6) is 0. The molecular formula is C4H7F3. The van der Waals surface area contributed by atoms with E-state index in [2.05, 4.69) is 0 Å². The van der Waals surface area contributed by atoms with E-state index in [4.69, 9.17) is 0 Å². The predicted molar refractivity (Wildman–Crippen MR) is 21.4 cm³/mol. The average molecular weight is 112 g/mol. The zero-order chi connectivity index (χ0) is 5.86. The molecule has 0 aromatic carbocycles. The van der Waals surface area contributed by atoms with Crippen LogP contribution in [0.5, 0.6) is 0 Å². The third kappa shape index (κ3) is 2.48. The quantitative estimate of drug-likeness (QED) is 0.509. The van der Waals surface area contributed by atoms with E-state index >= 15 is 0 Å². The van der Waals surface area contributed by atoms with Gasteiger partial charge in [-0.2, -0.15) is 0 Å². The second kappa shape index (κ2) is 2.88. The van der Waals surface area contributed by atoms with Gasteiger partial charge in [-0.3, -0.25) is 0 Å². The smallest absolute Gasteiger partial charge is 0.159 e. The van der Waals surface area contributed by atoms with Crippen LogP contribution in [0.2, 0.25) is 0 Å². The number of hydrogen-bond acceptors (Lipinski definition) is 0. The lowest BCUT2D eigenvalue weighted by atomic mass is 10.3. The van der Waals surface area contributed by atoms with Gasteiger partial charge < -0.3 is 0 Å². The van der Waals surface area contributed by atoms with E-state index in [1.807, 2.05) is 0 Å². The van der Waals surface area contributed by atoms with Crippen LogP contribution in [-0.4, -0.2) is 19.0 Å². The number of alkyl halides is 3. The molecule has 0 aromatic heterocycles. The summed E-state index contributed by atoms with van der Waals surface area (Å²) >= 11 is 0. The van der Waals surface area contributed by atoms with Crippen LogP contribution in [0.4, 0.5) is 13.2 Å². The minimum atomic E-state index is -1.93. The van der Waals surface area contributed by atoms with Gasteiger partial charge in [0, 0.05) is 0 Å². The zero-order valence-corrected chi connectivity index (χ0v) is 4.00. The fourth-order valence-corrected chi connectivity index (χ4v) is 0.123. The molecule has 0 nitrogen and oxygen atoms in total. The van der Waals surface area contributed by atoms with Crippen LogP contribution >= 0.6 is 0 Å². The molecule has 0 spiro atoms. The SMILES string of the molecule is CC(F)[C@@H](F)CF. The molecule has 7 heavy (non-hydrogen) atoms. The van der Waals surface area contributed by atoms with Gasteiger partial charge in [0.2, 0.25) is 0 Å². The van der Waals surface area contributed by atoms with Crippen LogP contribution < -0.4 is 0 Å². The van der Waals surface area contributed by atoms with Crippen molar-refractivity contribution >= 4 is 0 Å². The molecule has 0 amide bonds. The molecule has 0 aliphatic rings. The van der Waals surface area contributed by atoms with Crippen molar-refractivity contribution in [2.45, 2.75) is 19.3 Å². The first kappa shape index (κ1) is 6.79. The summed E-state index contributed by atoms with van der Waals surface area (Å²) in [4.78, 5) is 0. The summed E-state index contributed by atoms with van der Waals surface area (Å²) in [7, 11) is 0. The molecule has 1 unspecified atom stereocenters. The molecule has 0 aliphatic heterocycles. The second-order valence-corrected chi connectivity index (χ2v) is 1.35. The van der Waals surface area contributed by atoms with Gasteiger partial charge in [0.15, 0.2) is 6.17 Å². The average Bonchev–Trinajstić information content (AvgIpc) is 1.65. The number of halogens is 3. The van der Waals surface area contributed by atoms with E-state index in [-0.39, 0.29) is 0 Å². The molecule has 0 radical (unpaired) electrons. The first-order valence-electron chi connectivity index (χ1n) is 2.02. The van der Waals surface area contributed by atoms with Gasteiger partial charge in [-0.1, -0.05) is 0 Å². The van der Waals surface area contributed by atoms with Crippen LogP contribution in [0.25, 0.3) is 0 Å². The van der Waals surface area contributed by atoms with E-state index in [0.717, 1.165) is 6.92 Å². The highest BCUT2D eigenvalue weighted by molar-refractivity contribution is 4.59. The fourth-order valence-electron chi connectivity index (χ4n) is 0.123. The molecule has 3 heteroatoms. The van der Waals surface area contributed by atoms with Gasteiger partial charge in [0.25, 0.3) is 0 Å². The van der Waals surface area contributed by atoms with Crippen molar-refractivity contribution in [2.24, 2.45) is 0 Å². The molecular weight excluding hydrogens is 105 g/mol. The summed E-state index contributed by atoms with van der Waals surface area (Å²) in [6, 6.07) is 0. The van der Waals surface area contributed by atoms with Crippen molar-refractivity contribution in [1.29, 1.82) is 0 Å². The van der Waals surface area contributed by atoms with Crippen LogP contribution in [0.3, 0.4) is 0 Å². The highest BCUT2D eigenvalue weighted by Gasteiger charge is 2.12.